The van der Waals surface area contributed by atoms with Gasteiger partial charge in [0.05, 0.1) is 11.6 Å². The summed E-state index contributed by atoms with van der Waals surface area (Å²) in [6, 6.07) is 37.5. The van der Waals surface area contributed by atoms with Gasteiger partial charge in [-0.15, -0.1) is 0 Å². The van der Waals surface area contributed by atoms with Gasteiger partial charge in [0.15, 0.2) is 17.5 Å². The first kappa shape index (κ1) is 25.1. The molecule has 4 aliphatic rings. The Balaban J connectivity index is 1.15. The number of nitrogens with zero attached hydrogens (tertiary/aromatic N) is 4. The average Bonchev–Trinajstić information content (AvgIpc) is 3.04. The molecule has 4 nitrogen and oxygen atoms in total. The number of hydrogen-bond acceptors (Lipinski definition) is 4. The van der Waals surface area contributed by atoms with E-state index in [1.165, 1.54) is 44.1 Å². The quantitative estimate of drug-likeness (QED) is 0.222. The second-order valence-electron chi connectivity index (χ2n) is 12.7. The molecule has 0 atom stereocenters. The van der Waals surface area contributed by atoms with E-state index >= 15 is 0 Å². The lowest BCUT2D eigenvalue weighted by molar-refractivity contribution is -0.00518. The van der Waals surface area contributed by atoms with Crippen LogP contribution in [0.5, 0.6) is 0 Å². The van der Waals surface area contributed by atoms with E-state index in [0.717, 1.165) is 45.6 Å². The molecule has 4 saturated carbocycles. The Labute approximate surface area is 247 Å². The first-order valence-electron chi connectivity index (χ1n) is 15.2. The molecule has 4 aliphatic carbocycles. The zero-order valence-corrected chi connectivity index (χ0v) is 23.6. The molecule has 0 aliphatic heterocycles. The molecule has 0 amide bonds. The molecule has 0 radical (unpaired) electrons. The van der Waals surface area contributed by atoms with Crippen LogP contribution in [0.1, 0.15) is 49.7 Å². The minimum atomic E-state index is 0.376. The zero-order chi connectivity index (χ0) is 28.1. The van der Waals surface area contributed by atoms with E-state index in [4.69, 9.17) is 15.0 Å². The Bertz CT molecular complexity index is 1710. The van der Waals surface area contributed by atoms with Gasteiger partial charge in [0.25, 0.3) is 0 Å². The van der Waals surface area contributed by atoms with Crippen molar-refractivity contribution in [3.63, 3.8) is 0 Å². The molecule has 42 heavy (non-hydrogen) atoms. The van der Waals surface area contributed by atoms with Gasteiger partial charge in [0, 0.05) is 16.7 Å². The molecule has 9 rings (SSSR count). The van der Waals surface area contributed by atoms with Crippen LogP contribution >= 0.6 is 0 Å². The lowest BCUT2D eigenvalue weighted by Gasteiger charge is -2.57. The highest BCUT2D eigenvalue weighted by atomic mass is 15.0. The van der Waals surface area contributed by atoms with Gasteiger partial charge in [-0.3, -0.25) is 0 Å². The van der Waals surface area contributed by atoms with Gasteiger partial charge < -0.3 is 0 Å². The predicted molar refractivity (Wildman–Crippen MR) is 166 cm³/mol. The fourth-order valence-electron chi connectivity index (χ4n) is 8.43. The summed E-state index contributed by atoms with van der Waals surface area (Å²) in [5.74, 6) is 4.56. The molecular weight excluding hydrogens is 512 g/mol. The molecule has 4 bridgehead atoms. The van der Waals surface area contributed by atoms with Crippen LogP contribution < -0.4 is 0 Å². The van der Waals surface area contributed by atoms with E-state index < -0.39 is 0 Å². The van der Waals surface area contributed by atoms with Gasteiger partial charge in [0.2, 0.25) is 0 Å². The van der Waals surface area contributed by atoms with Crippen LogP contribution in [0.25, 0.3) is 45.3 Å². The Hall–Kier alpha value is -4.62. The topological polar surface area (TPSA) is 62.5 Å². The van der Waals surface area contributed by atoms with Gasteiger partial charge in [-0.25, -0.2) is 15.0 Å². The van der Waals surface area contributed by atoms with Crippen LogP contribution in [0, 0.1) is 29.1 Å². The molecule has 5 aromatic rings. The third kappa shape index (κ3) is 4.41. The van der Waals surface area contributed by atoms with Gasteiger partial charge >= 0.3 is 0 Å². The summed E-state index contributed by atoms with van der Waals surface area (Å²) in [4.78, 5) is 14.5. The van der Waals surface area contributed by atoms with Crippen LogP contribution in [-0.4, -0.2) is 15.0 Å². The summed E-state index contributed by atoms with van der Waals surface area (Å²) < 4.78 is 0. The third-order valence-corrected chi connectivity index (χ3v) is 9.94. The molecule has 0 unspecified atom stereocenters. The maximum absolute atomic E-state index is 10.2. The van der Waals surface area contributed by atoms with Crippen LogP contribution in [0.2, 0.25) is 0 Å². The maximum atomic E-state index is 10.2. The summed E-state index contributed by atoms with van der Waals surface area (Å²) in [5, 5.41) is 10.2. The standard InChI is InChI=1S/C38H32N4/c39-24-32-20-31(37-41-35(29-7-3-1-4-8-29)40-36(42-37)30-9-5-2-6-10-30)13-16-34(32)28-11-14-33(15-12-28)38-21-25-17-26(22-38)19-27(18-25)23-38/h1-16,20,25-27H,17-19,21-23H2/t25-,26-,27-,38?. The minimum Gasteiger partial charge on any atom is -0.208 e. The van der Waals surface area contributed by atoms with Crippen molar-refractivity contribution in [3.8, 4) is 51.4 Å². The maximum Gasteiger partial charge on any atom is 0.164 e. The Morgan fingerprint density at radius 1 is 0.548 bits per heavy atom. The van der Waals surface area contributed by atoms with E-state index in [-0.39, 0.29) is 0 Å². The largest absolute Gasteiger partial charge is 0.208 e. The van der Waals surface area contributed by atoms with Gasteiger partial charge in [-0.1, -0.05) is 97.1 Å². The Kier molecular flexibility index (Phi) is 6.00. The first-order valence-corrected chi connectivity index (χ1v) is 15.2. The molecule has 204 valence electrons. The van der Waals surface area contributed by atoms with Crippen molar-refractivity contribution in [2.24, 2.45) is 17.8 Å². The Morgan fingerprint density at radius 3 is 1.52 bits per heavy atom. The van der Waals surface area contributed by atoms with Crippen molar-refractivity contribution in [2.75, 3.05) is 0 Å². The van der Waals surface area contributed by atoms with E-state index in [9.17, 15) is 5.26 Å². The number of hydrogen-bond donors (Lipinski definition) is 0. The van der Waals surface area contributed by atoms with Crippen molar-refractivity contribution in [1.29, 1.82) is 5.26 Å². The number of nitriles is 1. The van der Waals surface area contributed by atoms with Crippen LogP contribution in [0.4, 0.5) is 0 Å². The van der Waals surface area contributed by atoms with E-state index in [2.05, 4.69) is 30.3 Å². The summed E-state index contributed by atoms with van der Waals surface area (Å²) in [6.45, 7) is 0. The van der Waals surface area contributed by atoms with Crippen molar-refractivity contribution >= 4 is 0 Å². The van der Waals surface area contributed by atoms with Crippen molar-refractivity contribution in [2.45, 2.75) is 43.9 Å². The summed E-state index contributed by atoms with van der Waals surface area (Å²) >= 11 is 0. The molecule has 0 spiro atoms. The highest BCUT2D eigenvalue weighted by Gasteiger charge is 2.51. The molecule has 0 saturated heterocycles. The number of benzene rings is 4. The highest BCUT2D eigenvalue weighted by molar-refractivity contribution is 5.76. The number of aromatic nitrogens is 3. The second kappa shape index (κ2) is 10.0. The van der Waals surface area contributed by atoms with Gasteiger partial charge in [0.1, 0.15) is 0 Å². The Morgan fingerprint density at radius 2 is 1.02 bits per heavy atom. The minimum absolute atomic E-state index is 0.376. The zero-order valence-electron chi connectivity index (χ0n) is 23.6. The first-order chi connectivity index (χ1) is 20.7. The monoisotopic (exact) mass is 544 g/mol. The molecule has 4 fully saturated rings. The van der Waals surface area contributed by atoms with Crippen molar-refractivity contribution in [3.05, 3.63) is 114 Å². The third-order valence-electron chi connectivity index (χ3n) is 9.94. The lowest BCUT2D eigenvalue weighted by atomic mass is 9.48. The SMILES string of the molecule is N#Cc1cc(-c2nc(-c3ccccc3)nc(-c3ccccc3)n2)ccc1-c1ccc(C23C[C@H]4C[C@H](C2)C[C@@H](C3)C4)cc1. The van der Waals surface area contributed by atoms with E-state index in [1.807, 2.05) is 78.9 Å². The lowest BCUT2D eigenvalue weighted by Crippen LogP contribution is -2.48. The van der Waals surface area contributed by atoms with Crippen LogP contribution in [0.15, 0.2) is 103 Å². The van der Waals surface area contributed by atoms with E-state index in [1.54, 1.807) is 0 Å². The second-order valence-corrected chi connectivity index (χ2v) is 12.7. The van der Waals surface area contributed by atoms with E-state index in [0.29, 0.717) is 28.5 Å². The summed E-state index contributed by atoms with van der Waals surface area (Å²) in [7, 11) is 0. The van der Waals surface area contributed by atoms with Crippen molar-refractivity contribution < 1.29 is 0 Å². The smallest absolute Gasteiger partial charge is 0.164 e. The fourth-order valence-corrected chi connectivity index (χ4v) is 8.43. The van der Waals surface area contributed by atoms with Gasteiger partial charge in [-0.2, -0.15) is 5.26 Å². The predicted octanol–water partition coefficient (Wildman–Crippen LogP) is 8.88. The summed E-state index contributed by atoms with van der Waals surface area (Å²) in [6.07, 6.45) is 8.44. The average molecular weight is 545 g/mol. The molecule has 4 heteroatoms. The molecule has 0 N–H and O–H groups in total. The fraction of sp³-hybridized carbons (Fsp3) is 0.263. The van der Waals surface area contributed by atoms with Crippen LogP contribution in [-0.2, 0) is 5.41 Å². The van der Waals surface area contributed by atoms with Crippen LogP contribution in [0.3, 0.4) is 0 Å². The molecule has 1 heterocycles. The normalized spacial score (nSPS) is 23.9. The molecule has 1 aromatic heterocycles. The molecule has 4 aromatic carbocycles. The number of rotatable bonds is 5. The molecular formula is C38H32N4. The highest BCUT2D eigenvalue weighted by Crippen LogP contribution is 2.60. The summed E-state index contributed by atoms with van der Waals surface area (Å²) in [5.41, 5.74) is 7.18. The van der Waals surface area contributed by atoms with Gasteiger partial charge in [-0.05, 0) is 84.5 Å². The van der Waals surface area contributed by atoms with Crippen molar-refractivity contribution in [1.82, 2.24) is 15.0 Å².